The molecule has 1 N–H and O–H groups in total. The molecule has 1 unspecified atom stereocenters. The molecule has 0 heterocycles. The normalized spacial score (nSPS) is 12.5. The summed E-state index contributed by atoms with van der Waals surface area (Å²) >= 11 is 13.0. The maximum Gasteiger partial charge on any atom is 0.128 e. The number of rotatable bonds is 3. The van der Waals surface area contributed by atoms with E-state index < -0.39 is 0 Å². The largest absolute Gasteiger partial charge is 0.309 e. The molecule has 100 valence electrons. The van der Waals surface area contributed by atoms with Crippen molar-refractivity contribution in [2.45, 2.75) is 6.04 Å². The Morgan fingerprint density at radius 1 is 1.05 bits per heavy atom. The first-order chi connectivity index (χ1) is 9.02. The molecule has 0 aliphatic rings. The molecule has 0 aliphatic heterocycles. The quantitative estimate of drug-likeness (QED) is 0.727. The van der Waals surface area contributed by atoms with Gasteiger partial charge in [-0.3, -0.25) is 0 Å². The van der Waals surface area contributed by atoms with E-state index in [0.717, 1.165) is 14.5 Å². The van der Waals surface area contributed by atoms with Crippen LogP contribution in [0.15, 0.2) is 45.3 Å². The maximum atomic E-state index is 14.0. The van der Waals surface area contributed by atoms with E-state index in [2.05, 4.69) is 37.2 Å². The number of hydrogen-bond donors (Lipinski definition) is 1. The lowest BCUT2D eigenvalue weighted by Gasteiger charge is -2.19. The van der Waals surface area contributed by atoms with Crippen LogP contribution < -0.4 is 5.32 Å². The average Bonchev–Trinajstić information content (AvgIpc) is 2.36. The summed E-state index contributed by atoms with van der Waals surface area (Å²) in [4.78, 5) is 0. The lowest BCUT2D eigenvalue weighted by atomic mass is 9.98. The van der Waals surface area contributed by atoms with Crippen LogP contribution in [0.4, 0.5) is 4.39 Å². The van der Waals surface area contributed by atoms with Gasteiger partial charge in [-0.25, -0.2) is 4.39 Å². The molecule has 0 fully saturated rings. The first-order valence-corrected chi connectivity index (χ1v) is 7.56. The molecule has 5 heteroatoms. The minimum Gasteiger partial charge on any atom is -0.309 e. The highest BCUT2D eigenvalue weighted by Crippen LogP contribution is 2.32. The SMILES string of the molecule is CNC(c1cc(Br)ccc1F)c1ccc(Br)cc1Cl. The van der Waals surface area contributed by atoms with Gasteiger partial charge in [-0.05, 0) is 42.9 Å². The van der Waals surface area contributed by atoms with Crippen LogP contribution in [-0.4, -0.2) is 7.05 Å². The third-order valence-corrected chi connectivity index (χ3v) is 4.15. The Hall–Kier alpha value is -0.420. The molecule has 1 atom stereocenters. The molecule has 0 saturated heterocycles. The van der Waals surface area contributed by atoms with E-state index in [-0.39, 0.29) is 11.9 Å². The predicted molar refractivity (Wildman–Crippen MR) is 84.2 cm³/mol. The van der Waals surface area contributed by atoms with Crippen molar-refractivity contribution in [3.63, 3.8) is 0 Å². The Labute approximate surface area is 133 Å². The van der Waals surface area contributed by atoms with Gasteiger partial charge in [0.2, 0.25) is 0 Å². The zero-order valence-corrected chi connectivity index (χ0v) is 14.0. The molecule has 1 nitrogen and oxygen atoms in total. The summed E-state index contributed by atoms with van der Waals surface area (Å²) < 4.78 is 15.7. The number of nitrogens with one attached hydrogen (secondary N) is 1. The zero-order chi connectivity index (χ0) is 14.0. The first-order valence-electron chi connectivity index (χ1n) is 5.60. The molecule has 19 heavy (non-hydrogen) atoms. The van der Waals surface area contributed by atoms with Crippen LogP contribution in [0.2, 0.25) is 5.02 Å². The van der Waals surface area contributed by atoms with Gasteiger partial charge in [0.25, 0.3) is 0 Å². The number of halogens is 4. The third-order valence-electron chi connectivity index (χ3n) is 2.83. The van der Waals surface area contributed by atoms with E-state index >= 15 is 0 Å². The van der Waals surface area contributed by atoms with Gasteiger partial charge in [0.1, 0.15) is 5.82 Å². The number of benzene rings is 2. The van der Waals surface area contributed by atoms with Gasteiger partial charge in [-0.1, -0.05) is 49.5 Å². The number of hydrogen-bond acceptors (Lipinski definition) is 1. The minimum absolute atomic E-state index is 0.262. The van der Waals surface area contributed by atoms with Crippen LogP contribution in [0.5, 0.6) is 0 Å². The molecule has 2 aromatic carbocycles. The van der Waals surface area contributed by atoms with Crippen LogP contribution in [0.25, 0.3) is 0 Å². The summed E-state index contributed by atoms with van der Waals surface area (Å²) in [6, 6.07) is 10.2. The lowest BCUT2D eigenvalue weighted by molar-refractivity contribution is 0.576. The molecule has 2 rings (SSSR count). The monoisotopic (exact) mass is 405 g/mol. The van der Waals surface area contributed by atoms with Crippen molar-refractivity contribution in [2.75, 3.05) is 7.05 Å². The van der Waals surface area contributed by atoms with E-state index in [1.807, 2.05) is 12.1 Å². The Bertz CT molecular complexity index is 604. The van der Waals surface area contributed by atoms with Crippen molar-refractivity contribution in [1.82, 2.24) is 5.32 Å². The molecule has 0 spiro atoms. The van der Waals surface area contributed by atoms with E-state index in [0.29, 0.717) is 10.6 Å². The second-order valence-electron chi connectivity index (χ2n) is 4.05. The molecule has 2 aromatic rings. The van der Waals surface area contributed by atoms with Gasteiger partial charge in [-0.15, -0.1) is 0 Å². The fourth-order valence-corrected chi connectivity index (χ4v) is 3.11. The lowest BCUT2D eigenvalue weighted by Crippen LogP contribution is -2.19. The summed E-state index contributed by atoms with van der Waals surface area (Å²) in [5.74, 6) is -0.262. The molecule has 0 aromatic heterocycles. The molecule has 0 saturated carbocycles. The second kappa shape index (κ2) is 6.35. The Kier molecular flexibility index (Phi) is 5.01. The van der Waals surface area contributed by atoms with Gasteiger partial charge in [0.15, 0.2) is 0 Å². The minimum atomic E-state index is -0.293. The molecule has 0 bridgehead atoms. The van der Waals surface area contributed by atoms with E-state index in [1.54, 1.807) is 25.2 Å². The average molecular weight is 408 g/mol. The molecular formula is C14H11Br2ClFN. The molecule has 0 aliphatic carbocycles. The van der Waals surface area contributed by atoms with Crippen LogP contribution in [0.3, 0.4) is 0 Å². The summed E-state index contributed by atoms with van der Waals surface area (Å²) in [5, 5.41) is 3.69. The highest BCUT2D eigenvalue weighted by atomic mass is 79.9. The Balaban J connectivity index is 2.52. The van der Waals surface area contributed by atoms with Crippen molar-refractivity contribution in [3.05, 3.63) is 67.3 Å². The van der Waals surface area contributed by atoms with E-state index in [4.69, 9.17) is 11.6 Å². The topological polar surface area (TPSA) is 12.0 Å². The van der Waals surface area contributed by atoms with Crippen LogP contribution in [-0.2, 0) is 0 Å². The summed E-state index contributed by atoms with van der Waals surface area (Å²) in [7, 11) is 1.78. The van der Waals surface area contributed by atoms with Crippen molar-refractivity contribution in [1.29, 1.82) is 0 Å². The van der Waals surface area contributed by atoms with Crippen molar-refractivity contribution in [3.8, 4) is 0 Å². The summed E-state index contributed by atoms with van der Waals surface area (Å²) in [5.41, 5.74) is 1.39. The summed E-state index contributed by atoms with van der Waals surface area (Å²) in [6.45, 7) is 0. The highest BCUT2D eigenvalue weighted by molar-refractivity contribution is 9.10. The van der Waals surface area contributed by atoms with E-state index in [1.165, 1.54) is 6.07 Å². The van der Waals surface area contributed by atoms with E-state index in [9.17, 15) is 4.39 Å². The summed E-state index contributed by atoms with van der Waals surface area (Å²) in [6.07, 6.45) is 0. The standard InChI is InChI=1S/C14H11Br2ClFN/c1-19-14(10-4-2-9(16)7-12(10)17)11-6-8(15)3-5-13(11)18/h2-7,14,19H,1H3. The van der Waals surface area contributed by atoms with Gasteiger partial charge in [-0.2, -0.15) is 0 Å². The van der Waals surface area contributed by atoms with Gasteiger partial charge >= 0.3 is 0 Å². The van der Waals surface area contributed by atoms with Crippen LogP contribution >= 0.6 is 43.5 Å². The maximum absolute atomic E-state index is 14.0. The third kappa shape index (κ3) is 3.37. The zero-order valence-electron chi connectivity index (χ0n) is 10.1. The Morgan fingerprint density at radius 2 is 1.68 bits per heavy atom. The highest BCUT2D eigenvalue weighted by Gasteiger charge is 2.19. The molecular weight excluding hydrogens is 396 g/mol. The molecule has 0 amide bonds. The van der Waals surface area contributed by atoms with Crippen molar-refractivity contribution >= 4 is 43.5 Å². The van der Waals surface area contributed by atoms with Gasteiger partial charge in [0.05, 0.1) is 6.04 Å². The van der Waals surface area contributed by atoms with Crippen molar-refractivity contribution < 1.29 is 4.39 Å². The van der Waals surface area contributed by atoms with Crippen molar-refractivity contribution in [2.24, 2.45) is 0 Å². The van der Waals surface area contributed by atoms with Crippen LogP contribution in [0.1, 0.15) is 17.2 Å². The fraction of sp³-hybridized carbons (Fsp3) is 0.143. The smallest absolute Gasteiger partial charge is 0.128 e. The molecule has 0 radical (unpaired) electrons. The second-order valence-corrected chi connectivity index (χ2v) is 6.29. The predicted octanol–water partition coefficient (Wildman–Crippen LogP) is 5.31. The van der Waals surface area contributed by atoms with Gasteiger partial charge in [0, 0.05) is 19.5 Å². The van der Waals surface area contributed by atoms with Crippen LogP contribution in [0, 0.1) is 5.82 Å². The van der Waals surface area contributed by atoms with Gasteiger partial charge < -0.3 is 5.32 Å². The first kappa shape index (κ1) is 15.0. The Morgan fingerprint density at radius 3 is 2.32 bits per heavy atom. The fourth-order valence-electron chi connectivity index (χ4n) is 1.95.